The molecule has 7 heteroatoms. The Bertz CT molecular complexity index is 534. The smallest absolute Gasteiger partial charge is 0.407 e. The van der Waals surface area contributed by atoms with Gasteiger partial charge in [-0.3, -0.25) is 4.79 Å². The summed E-state index contributed by atoms with van der Waals surface area (Å²) in [6.07, 6.45) is 4.20. The molecule has 6 nitrogen and oxygen atoms in total. The van der Waals surface area contributed by atoms with Crippen LogP contribution in [0.1, 0.15) is 37.7 Å². The average molecular weight is 384 g/mol. The van der Waals surface area contributed by atoms with Crippen LogP contribution in [0.3, 0.4) is 0 Å². The molecule has 4 N–H and O–H groups in total. The molecule has 1 aromatic carbocycles. The Hall–Kier alpha value is -1.79. The fourth-order valence-electron chi connectivity index (χ4n) is 3.07. The largest absolute Gasteiger partial charge is 0.445 e. The Morgan fingerprint density at radius 3 is 2.35 bits per heavy atom. The molecule has 0 radical (unpaired) electrons. The van der Waals surface area contributed by atoms with Crippen LogP contribution >= 0.6 is 12.4 Å². The maximum absolute atomic E-state index is 12.1. The van der Waals surface area contributed by atoms with E-state index in [1.54, 1.807) is 0 Å². The SMILES string of the molecule is Cl.NCC1CCC(C(=O)NCCCNC(=O)OCc2ccccc2)CC1. The highest BCUT2D eigenvalue weighted by Crippen LogP contribution is 2.28. The zero-order valence-corrected chi connectivity index (χ0v) is 15.9. The van der Waals surface area contributed by atoms with E-state index in [0.29, 0.717) is 25.4 Å². The minimum atomic E-state index is -0.435. The van der Waals surface area contributed by atoms with Crippen molar-refractivity contribution >= 4 is 24.4 Å². The Balaban J connectivity index is 0.00000338. The summed E-state index contributed by atoms with van der Waals surface area (Å²) in [6.45, 7) is 2.03. The average Bonchev–Trinajstić information content (AvgIpc) is 2.67. The van der Waals surface area contributed by atoms with Crippen LogP contribution in [0.5, 0.6) is 0 Å². The van der Waals surface area contributed by atoms with Crippen molar-refractivity contribution in [2.45, 2.75) is 38.7 Å². The number of rotatable bonds is 8. The summed E-state index contributed by atoms with van der Waals surface area (Å²) in [6, 6.07) is 9.54. The fourth-order valence-corrected chi connectivity index (χ4v) is 3.07. The van der Waals surface area contributed by atoms with Crippen LogP contribution in [0.4, 0.5) is 4.79 Å². The normalized spacial score (nSPS) is 19.1. The van der Waals surface area contributed by atoms with E-state index >= 15 is 0 Å². The summed E-state index contributed by atoms with van der Waals surface area (Å²) in [7, 11) is 0. The van der Waals surface area contributed by atoms with Gasteiger partial charge in [0.05, 0.1) is 0 Å². The highest BCUT2D eigenvalue weighted by atomic mass is 35.5. The van der Waals surface area contributed by atoms with Crippen molar-refractivity contribution < 1.29 is 14.3 Å². The highest BCUT2D eigenvalue weighted by Gasteiger charge is 2.25. The zero-order chi connectivity index (χ0) is 17.9. The molecule has 0 aliphatic heterocycles. The number of alkyl carbamates (subject to hydrolysis) is 1. The lowest BCUT2D eigenvalue weighted by atomic mass is 9.81. The Morgan fingerprint density at radius 2 is 1.69 bits per heavy atom. The Kier molecular flexibility index (Phi) is 10.7. The standard InChI is InChI=1S/C19H29N3O3.ClH/c20-13-15-7-9-17(10-8-15)18(23)21-11-4-12-22-19(24)25-14-16-5-2-1-3-6-16;/h1-3,5-6,15,17H,4,7-14,20H2,(H,21,23)(H,22,24);1H. The summed E-state index contributed by atoms with van der Waals surface area (Å²) >= 11 is 0. The molecule has 146 valence electrons. The molecule has 1 fully saturated rings. The molecule has 0 aromatic heterocycles. The van der Waals surface area contributed by atoms with Crippen LogP contribution in [0.25, 0.3) is 0 Å². The van der Waals surface area contributed by atoms with E-state index in [1.807, 2.05) is 30.3 Å². The van der Waals surface area contributed by atoms with E-state index in [9.17, 15) is 9.59 Å². The molecule has 26 heavy (non-hydrogen) atoms. The summed E-state index contributed by atoms with van der Waals surface area (Å²) in [4.78, 5) is 23.7. The van der Waals surface area contributed by atoms with Crippen molar-refractivity contribution in [1.29, 1.82) is 0 Å². The van der Waals surface area contributed by atoms with Crippen LogP contribution in [0, 0.1) is 11.8 Å². The molecule has 0 atom stereocenters. The van der Waals surface area contributed by atoms with E-state index < -0.39 is 6.09 Å². The molecule has 1 aliphatic carbocycles. The molecular weight excluding hydrogens is 354 g/mol. The van der Waals surface area contributed by atoms with Crippen molar-refractivity contribution in [1.82, 2.24) is 10.6 Å². The van der Waals surface area contributed by atoms with Gasteiger partial charge in [0.25, 0.3) is 0 Å². The van der Waals surface area contributed by atoms with E-state index in [1.165, 1.54) is 0 Å². The number of carbonyl (C=O) groups excluding carboxylic acids is 2. The number of nitrogens with one attached hydrogen (secondary N) is 2. The van der Waals surface area contributed by atoms with Gasteiger partial charge < -0.3 is 21.1 Å². The van der Waals surface area contributed by atoms with Crippen molar-refractivity contribution in [3.8, 4) is 0 Å². The molecule has 0 heterocycles. The molecular formula is C19H30ClN3O3. The number of amides is 2. The van der Waals surface area contributed by atoms with Gasteiger partial charge in [-0.2, -0.15) is 0 Å². The first kappa shape index (κ1) is 22.3. The fraction of sp³-hybridized carbons (Fsp3) is 0.579. The molecule has 2 amide bonds. The van der Waals surface area contributed by atoms with Crippen LogP contribution in [-0.4, -0.2) is 31.6 Å². The lowest BCUT2D eigenvalue weighted by Crippen LogP contribution is -2.36. The number of ether oxygens (including phenoxy) is 1. The first-order valence-electron chi connectivity index (χ1n) is 9.11. The predicted octanol–water partition coefficient (Wildman–Crippen LogP) is 2.61. The van der Waals surface area contributed by atoms with Gasteiger partial charge in [-0.25, -0.2) is 4.79 Å². The lowest BCUT2D eigenvalue weighted by Gasteiger charge is -2.26. The molecule has 0 saturated heterocycles. The monoisotopic (exact) mass is 383 g/mol. The molecule has 0 spiro atoms. The number of benzene rings is 1. The highest BCUT2D eigenvalue weighted by molar-refractivity contribution is 5.85. The van der Waals surface area contributed by atoms with Crippen molar-refractivity contribution in [2.75, 3.05) is 19.6 Å². The van der Waals surface area contributed by atoms with E-state index in [-0.39, 0.29) is 30.8 Å². The van der Waals surface area contributed by atoms with E-state index in [4.69, 9.17) is 10.5 Å². The number of carbonyl (C=O) groups is 2. The Labute approximate surface area is 161 Å². The van der Waals surface area contributed by atoms with Gasteiger partial charge in [0.1, 0.15) is 6.61 Å². The first-order valence-corrected chi connectivity index (χ1v) is 9.11. The molecule has 1 saturated carbocycles. The summed E-state index contributed by atoms with van der Waals surface area (Å²) in [5, 5.41) is 5.65. The Morgan fingerprint density at radius 1 is 1.04 bits per heavy atom. The minimum Gasteiger partial charge on any atom is -0.445 e. The number of hydrogen-bond donors (Lipinski definition) is 3. The second-order valence-electron chi connectivity index (χ2n) is 6.59. The van der Waals surface area contributed by atoms with Gasteiger partial charge in [0.15, 0.2) is 0 Å². The van der Waals surface area contributed by atoms with Gasteiger partial charge >= 0.3 is 6.09 Å². The van der Waals surface area contributed by atoms with Gasteiger partial charge in [-0.1, -0.05) is 30.3 Å². The van der Waals surface area contributed by atoms with Gasteiger partial charge in [-0.15, -0.1) is 12.4 Å². The van der Waals surface area contributed by atoms with E-state index in [0.717, 1.165) is 37.8 Å². The second-order valence-corrected chi connectivity index (χ2v) is 6.59. The lowest BCUT2D eigenvalue weighted by molar-refractivity contribution is -0.126. The van der Waals surface area contributed by atoms with Crippen LogP contribution in [-0.2, 0) is 16.1 Å². The van der Waals surface area contributed by atoms with Crippen LogP contribution in [0.2, 0.25) is 0 Å². The zero-order valence-electron chi connectivity index (χ0n) is 15.1. The number of hydrogen-bond acceptors (Lipinski definition) is 4. The summed E-state index contributed by atoms with van der Waals surface area (Å²) in [5.41, 5.74) is 6.63. The minimum absolute atomic E-state index is 0. The second kappa shape index (κ2) is 12.5. The third-order valence-electron chi connectivity index (χ3n) is 4.69. The summed E-state index contributed by atoms with van der Waals surface area (Å²) in [5.74, 6) is 0.823. The van der Waals surface area contributed by atoms with Crippen molar-refractivity contribution in [3.05, 3.63) is 35.9 Å². The van der Waals surface area contributed by atoms with Crippen LogP contribution < -0.4 is 16.4 Å². The van der Waals surface area contributed by atoms with Gasteiger partial charge in [0, 0.05) is 19.0 Å². The van der Waals surface area contributed by atoms with Gasteiger partial charge in [-0.05, 0) is 50.1 Å². The topological polar surface area (TPSA) is 93.5 Å². The molecule has 0 bridgehead atoms. The number of nitrogens with two attached hydrogens (primary N) is 1. The maximum Gasteiger partial charge on any atom is 0.407 e. The molecule has 1 aliphatic rings. The summed E-state index contributed by atoms with van der Waals surface area (Å²) < 4.78 is 5.12. The third-order valence-corrected chi connectivity index (χ3v) is 4.69. The van der Waals surface area contributed by atoms with Crippen molar-refractivity contribution in [2.24, 2.45) is 17.6 Å². The first-order chi connectivity index (χ1) is 12.2. The molecule has 0 unspecified atom stereocenters. The predicted molar refractivity (Wildman–Crippen MR) is 104 cm³/mol. The molecule has 1 aromatic rings. The number of halogens is 1. The van der Waals surface area contributed by atoms with E-state index in [2.05, 4.69) is 10.6 Å². The quantitative estimate of drug-likeness (QED) is 0.601. The maximum atomic E-state index is 12.1. The van der Waals surface area contributed by atoms with Gasteiger partial charge in [0.2, 0.25) is 5.91 Å². The van der Waals surface area contributed by atoms with Crippen LogP contribution in [0.15, 0.2) is 30.3 Å². The molecule has 2 rings (SSSR count). The van der Waals surface area contributed by atoms with Crippen molar-refractivity contribution in [3.63, 3.8) is 0 Å². The third kappa shape index (κ3) is 8.06.